The van der Waals surface area contributed by atoms with E-state index in [1.54, 1.807) is 0 Å². The molecule has 0 spiro atoms. The van der Waals surface area contributed by atoms with Gasteiger partial charge >= 0.3 is 0 Å². The van der Waals surface area contributed by atoms with Crippen molar-refractivity contribution in [2.45, 2.75) is 0 Å². The van der Waals surface area contributed by atoms with E-state index in [4.69, 9.17) is 0 Å². The monoisotopic (exact) mass is 315 g/mol. The van der Waals surface area contributed by atoms with Crippen molar-refractivity contribution >= 4 is 21.8 Å². The molecule has 0 atom stereocenters. The molecule has 0 unspecified atom stereocenters. The minimum absolute atomic E-state index is 0.286. The number of hydrogen-bond donors (Lipinski definition) is 1. The Kier molecular flexibility index (Phi) is 4.31. The molecule has 1 aliphatic heterocycles. The van der Waals surface area contributed by atoms with Gasteiger partial charge in [-0.1, -0.05) is 0 Å². The summed E-state index contributed by atoms with van der Waals surface area (Å²) in [6.45, 7) is 3.36. The molecule has 0 bridgehead atoms. The topological polar surface area (TPSA) is 35.6 Å². The molecule has 1 N–H and O–H groups in total. The second kappa shape index (κ2) is 5.77. The van der Waals surface area contributed by atoms with E-state index in [0.717, 1.165) is 26.2 Å². The molecule has 98 valence electrons. The fourth-order valence-corrected chi connectivity index (χ4v) is 2.22. The van der Waals surface area contributed by atoms with Crippen LogP contribution in [0.1, 0.15) is 10.4 Å². The Morgan fingerprint density at radius 1 is 1.33 bits per heavy atom. The summed E-state index contributed by atoms with van der Waals surface area (Å²) in [5.41, 5.74) is 3.11. The summed E-state index contributed by atoms with van der Waals surface area (Å²) in [7, 11) is 2.04. The maximum Gasteiger partial charge on any atom is 0.266 e. The van der Waals surface area contributed by atoms with E-state index in [9.17, 15) is 9.18 Å². The Balaban J connectivity index is 2.01. The number of nitrogens with zero attached hydrogens (tertiary/aromatic N) is 2. The molecule has 6 heteroatoms. The van der Waals surface area contributed by atoms with Crippen molar-refractivity contribution < 1.29 is 9.18 Å². The number of carbonyl (C=O) groups excluding carboxylic acids is 1. The average molecular weight is 316 g/mol. The number of rotatable bonds is 2. The number of halogens is 2. The van der Waals surface area contributed by atoms with Gasteiger partial charge in [-0.2, -0.15) is 0 Å². The van der Waals surface area contributed by atoms with Gasteiger partial charge < -0.3 is 4.90 Å². The Hall–Kier alpha value is -0.980. The van der Waals surface area contributed by atoms with Crippen molar-refractivity contribution in [2.24, 2.45) is 0 Å². The standard InChI is InChI=1S/C12H15BrFN3O/c1-16-4-6-17(7-5-16)15-12(18)10-8-9(14)2-3-11(10)13/h2-3,8H,4-7H2,1H3,(H,15,18). The van der Waals surface area contributed by atoms with Crippen LogP contribution >= 0.6 is 15.9 Å². The molecule has 2 rings (SSSR count). The van der Waals surface area contributed by atoms with Crippen LogP contribution in [0.5, 0.6) is 0 Å². The van der Waals surface area contributed by atoms with Gasteiger partial charge in [-0.3, -0.25) is 10.2 Å². The van der Waals surface area contributed by atoms with E-state index in [1.807, 2.05) is 12.1 Å². The van der Waals surface area contributed by atoms with Crippen LogP contribution in [-0.4, -0.2) is 49.0 Å². The van der Waals surface area contributed by atoms with Crippen molar-refractivity contribution in [2.75, 3.05) is 33.2 Å². The third kappa shape index (κ3) is 3.28. The van der Waals surface area contributed by atoms with E-state index >= 15 is 0 Å². The summed E-state index contributed by atoms with van der Waals surface area (Å²) in [6.07, 6.45) is 0. The Labute approximate surface area is 114 Å². The number of benzene rings is 1. The lowest BCUT2D eigenvalue weighted by molar-refractivity contribution is 0.0661. The fraction of sp³-hybridized carbons (Fsp3) is 0.417. The maximum atomic E-state index is 13.1. The zero-order chi connectivity index (χ0) is 13.1. The van der Waals surface area contributed by atoms with Crippen molar-refractivity contribution in [3.8, 4) is 0 Å². The van der Waals surface area contributed by atoms with Crippen molar-refractivity contribution in [3.05, 3.63) is 34.1 Å². The van der Waals surface area contributed by atoms with Gasteiger partial charge in [0.25, 0.3) is 5.91 Å². The number of hydrazine groups is 1. The summed E-state index contributed by atoms with van der Waals surface area (Å²) < 4.78 is 13.7. The lowest BCUT2D eigenvalue weighted by Gasteiger charge is -2.32. The molecular formula is C12H15BrFN3O. The molecular weight excluding hydrogens is 301 g/mol. The number of likely N-dealkylation sites (N-methyl/N-ethyl adjacent to an activating group) is 1. The van der Waals surface area contributed by atoms with Crippen LogP contribution in [0.25, 0.3) is 0 Å². The summed E-state index contributed by atoms with van der Waals surface area (Å²) in [5, 5.41) is 1.86. The highest BCUT2D eigenvalue weighted by Gasteiger charge is 2.18. The summed E-state index contributed by atoms with van der Waals surface area (Å²) in [5.74, 6) is -0.701. The van der Waals surface area contributed by atoms with Gasteiger partial charge in [-0.05, 0) is 41.2 Å². The molecule has 0 radical (unpaired) electrons. The van der Waals surface area contributed by atoms with Gasteiger partial charge in [-0.15, -0.1) is 0 Å². The average Bonchev–Trinajstić information content (AvgIpc) is 2.35. The number of hydrogen-bond acceptors (Lipinski definition) is 3. The molecule has 1 fully saturated rings. The number of amides is 1. The van der Waals surface area contributed by atoms with Gasteiger partial charge in [0.2, 0.25) is 0 Å². The van der Waals surface area contributed by atoms with Gasteiger partial charge in [0.05, 0.1) is 5.56 Å². The number of nitrogens with one attached hydrogen (secondary N) is 1. The summed E-state index contributed by atoms with van der Waals surface area (Å²) in [4.78, 5) is 14.2. The number of carbonyl (C=O) groups is 1. The largest absolute Gasteiger partial charge is 0.304 e. The molecule has 1 amide bonds. The molecule has 1 aliphatic rings. The van der Waals surface area contributed by atoms with Crippen LogP contribution in [0.15, 0.2) is 22.7 Å². The third-order valence-corrected chi connectivity index (χ3v) is 3.63. The fourth-order valence-electron chi connectivity index (χ4n) is 1.79. The first-order chi connectivity index (χ1) is 8.56. The first-order valence-electron chi connectivity index (χ1n) is 5.76. The van der Waals surface area contributed by atoms with Crippen LogP contribution in [0, 0.1) is 5.82 Å². The van der Waals surface area contributed by atoms with E-state index in [-0.39, 0.29) is 5.91 Å². The normalized spacial score (nSPS) is 17.7. The maximum absolute atomic E-state index is 13.1. The van der Waals surface area contributed by atoms with Gasteiger partial charge in [-0.25, -0.2) is 9.40 Å². The van der Waals surface area contributed by atoms with Gasteiger partial charge in [0.15, 0.2) is 0 Å². The van der Waals surface area contributed by atoms with Crippen molar-refractivity contribution in [3.63, 3.8) is 0 Å². The molecule has 0 saturated carbocycles. The molecule has 0 aromatic heterocycles. The van der Waals surface area contributed by atoms with Crippen molar-refractivity contribution in [1.82, 2.24) is 15.3 Å². The van der Waals surface area contributed by atoms with Crippen LogP contribution in [0.4, 0.5) is 4.39 Å². The molecule has 4 nitrogen and oxygen atoms in total. The Bertz CT molecular complexity index is 447. The van der Waals surface area contributed by atoms with E-state index < -0.39 is 5.82 Å². The van der Waals surface area contributed by atoms with Crippen LogP contribution in [0.2, 0.25) is 0 Å². The van der Waals surface area contributed by atoms with Gasteiger partial charge in [0.1, 0.15) is 5.82 Å². The number of piperazine rings is 1. The molecule has 1 aromatic carbocycles. The van der Waals surface area contributed by atoms with E-state index in [1.165, 1.54) is 18.2 Å². The first kappa shape index (κ1) is 13.5. The van der Waals surface area contributed by atoms with Crippen molar-refractivity contribution in [1.29, 1.82) is 0 Å². The highest BCUT2D eigenvalue weighted by Crippen LogP contribution is 2.17. The lowest BCUT2D eigenvalue weighted by atomic mass is 10.2. The SMILES string of the molecule is CN1CCN(NC(=O)c2cc(F)ccc2Br)CC1. The molecule has 0 aliphatic carbocycles. The predicted octanol–water partition coefficient (Wildman–Crippen LogP) is 1.48. The van der Waals surface area contributed by atoms with Crippen LogP contribution in [-0.2, 0) is 0 Å². The second-order valence-corrected chi connectivity index (χ2v) is 5.21. The molecule has 18 heavy (non-hydrogen) atoms. The lowest BCUT2D eigenvalue weighted by Crippen LogP contribution is -2.52. The summed E-state index contributed by atoms with van der Waals surface area (Å²) in [6, 6.07) is 4.08. The smallest absolute Gasteiger partial charge is 0.266 e. The minimum atomic E-state index is -0.415. The van der Waals surface area contributed by atoms with Crippen LogP contribution < -0.4 is 5.43 Å². The van der Waals surface area contributed by atoms with Gasteiger partial charge in [0, 0.05) is 30.7 Å². The summed E-state index contributed by atoms with van der Waals surface area (Å²) >= 11 is 3.25. The highest BCUT2D eigenvalue weighted by atomic mass is 79.9. The molecule has 1 aromatic rings. The molecule has 1 saturated heterocycles. The van der Waals surface area contributed by atoms with E-state index in [0.29, 0.717) is 10.0 Å². The predicted molar refractivity (Wildman–Crippen MR) is 70.6 cm³/mol. The minimum Gasteiger partial charge on any atom is -0.304 e. The quantitative estimate of drug-likeness (QED) is 0.898. The zero-order valence-electron chi connectivity index (χ0n) is 10.1. The van der Waals surface area contributed by atoms with E-state index in [2.05, 4.69) is 26.3 Å². The Morgan fingerprint density at radius 2 is 2.00 bits per heavy atom. The molecule has 1 heterocycles. The highest BCUT2D eigenvalue weighted by molar-refractivity contribution is 9.10. The van der Waals surface area contributed by atoms with Crippen LogP contribution in [0.3, 0.4) is 0 Å². The first-order valence-corrected chi connectivity index (χ1v) is 6.55. The zero-order valence-corrected chi connectivity index (χ0v) is 11.7. The Morgan fingerprint density at radius 3 is 2.67 bits per heavy atom. The second-order valence-electron chi connectivity index (χ2n) is 4.36. The third-order valence-electron chi connectivity index (χ3n) is 2.94.